The van der Waals surface area contributed by atoms with Gasteiger partial charge in [0, 0.05) is 18.0 Å². The molecule has 1 fully saturated rings. The molecule has 1 aliphatic heterocycles. The van der Waals surface area contributed by atoms with Crippen molar-refractivity contribution in [1.29, 1.82) is 0 Å². The molecule has 88 valence electrons. The van der Waals surface area contributed by atoms with E-state index in [2.05, 4.69) is 23.7 Å². The van der Waals surface area contributed by atoms with Gasteiger partial charge in [0.15, 0.2) is 5.78 Å². The smallest absolute Gasteiger partial charge is 0.170 e. The third-order valence-electron chi connectivity index (χ3n) is 2.85. The predicted molar refractivity (Wildman–Crippen MR) is 65.1 cm³/mol. The van der Waals surface area contributed by atoms with E-state index in [9.17, 15) is 4.79 Å². The number of morpholine rings is 1. The van der Waals surface area contributed by atoms with Gasteiger partial charge in [-0.1, -0.05) is 6.92 Å². The average Bonchev–Trinajstić information content (AvgIpc) is 2.75. The summed E-state index contributed by atoms with van der Waals surface area (Å²) in [5.74, 6) is 0.137. The Kier molecular flexibility index (Phi) is 3.74. The van der Waals surface area contributed by atoms with E-state index in [4.69, 9.17) is 4.74 Å². The molecule has 1 saturated heterocycles. The number of carbonyl (C=O) groups excluding carboxylic acids is 1. The molecule has 0 bridgehead atoms. The molecule has 2 rings (SSSR count). The fourth-order valence-electron chi connectivity index (χ4n) is 1.85. The lowest BCUT2D eigenvalue weighted by molar-refractivity contribution is -0.133. The third-order valence-corrected chi connectivity index (χ3v) is 4.08. The molecule has 16 heavy (non-hydrogen) atoms. The Hall–Kier alpha value is -0.710. The van der Waals surface area contributed by atoms with Crippen molar-refractivity contribution in [3.8, 4) is 0 Å². The fourth-order valence-corrected chi connectivity index (χ4v) is 2.81. The molecule has 3 nitrogen and oxygen atoms in total. The standard InChI is InChI=1S/C12H17NO2S/c1-8-5-11(16-7-8)9(2)12(14)10-6-13-3-4-15-10/h5,7,9-10,13H,3-4,6H2,1-2H3. The molecule has 2 unspecified atom stereocenters. The van der Waals surface area contributed by atoms with Gasteiger partial charge < -0.3 is 10.1 Å². The highest BCUT2D eigenvalue weighted by atomic mass is 32.1. The molecule has 1 aromatic heterocycles. The molecule has 4 heteroatoms. The van der Waals surface area contributed by atoms with Gasteiger partial charge in [0.25, 0.3) is 0 Å². The molecule has 0 aromatic carbocycles. The Balaban J connectivity index is 2.03. The second kappa shape index (κ2) is 5.08. The SMILES string of the molecule is Cc1csc(C(C)C(=O)C2CNCCO2)c1. The van der Waals surface area contributed by atoms with Crippen molar-refractivity contribution in [2.75, 3.05) is 19.7 Å². The van der Waals surface area contributed by atoms with Crippen molar-refractivity contribution >= 4 is 17.1 Å². The first kappa shape index (κ1) is 11.8. The van der Waals surface area contributed by atoms with Gasteiger partial charge in [0.2, 0.25) is 0 Å². The minimum absolute atomic E-state index is 0.0522. The lowest BCUT2D eigenvalue weighted by Crippen LogP contribution is -2.44. The zero-order valence-corrected chi connectivity index (χ0v) is 10.5. The molecule has 1 aliphatic rings. The summed E-state index contributed by atoms with van der Waals surface area (Å²) < 4.78 is 5.48. The van der Waals surface area contributed by atoms with Gasteiger partial charge >= 0.3 is 0 Å². The Morgan fingerprint density at radius 2 is 2.50 bits per heavy atom. The van der Waals surface area contributed by atoms with Crippen molar-refractivity contribution in [3.05, 3.63) is 21.9 Å². The van der Waals surface area contributed by atoms with Crippen LogP contribution in [-0.2, 0) is 9.53 Å². The van der Waals surface area contributed by atoms with Crippen LogP contribution < -0.4 is 5.32 Å². The van der Waals surface area contributed by atoms with Crippen LogP contribution in [-0.4, -0.2) is 31.6 Å². The van der Waals surface area contributed by atoms with Crippen LogP contribution in [0.4, 0.5) is 0 Å². The number of Topliss-reactive ketones (excluding diaryl/α,β-unsaturated/α-hetero) is 1. The predicted octanol–water partition coefficient (Wildman–Crippen LogP) is 1.72. The Labute approximate surface area is 99.8 Å². The number of rotatable bonds is 3. The van der Waals surface area contributed by atoms with E-state index >= 15 is 0 Å². The van der Waals surface area contributed by atoms with Crippen molar-refractivity contribution in [2.45, 2.75) is 25.9 Å². The topological polar surface area (TPSA) is 38.3 Å². The lowest BCUT2D eigenvalue weighted by atomic mass is 9.99. The molecule has 0 saturated carbocycles. The van der Waals surface area contributed by atoms with Crippen molar-refractivity contribution in [1.82, 2.24) is 5.32 Å². The third kappa shape index (κ3) is 2.51. The number of ketones is 1. The summed E-state index contributed by atoms with van der Waals surface area (Å²) in [4.78, 5) is 13.3. The van der Waals surface area contributed by atoms with Crippen molar-refractivity contribution < 1.29 is 9.53 Å². The van der Waals surface area contributed by atoms with Crippen LogP contribution in [0.3, 0.4) is 0 Å². The first-order valence-electron chi connectivity index (χ1n) is 5.59. The second-order valence-corrected chi connectivity index (χ2v) is 5.16. The van der Waals surface area contributed by atoms with Crippen LogP contribution in [0, 0.1) is 6.92 Å². The Bertz CT molecular complexity index is 369. The van der Waals surface area contributed by atoms with E-state index in [1.165, 1.54) is 5.56 Å². The number of aryl methyl sites for hydroxylation is 1. The summed E-state index contributed by atoms with van der Waals surface area (Å²) in [5, 5.41) is 5.27. The first-order valence-corrected chi connectivity index (χ1v) is 6.47. The highest BCUT2D eigenvalue weighted by Gasteiger charge is 2.27. The van der Waals surface area contributed by atoms with E-state index in [0.29, 0.717) is 13.2 Å². The number of hydrogen-bond acceptors (Lipinski definition) is 4. The summed E-state index contributed by atoms with van der Waals surface area (Å²) in [6.45, 7) is 6.14. The van der Waals surface area contributed by atoms with Gasteiger partial charge in [-0.05, 0) is 23.9 Å². The van der Waals surface area contributed by atoms with E-state index in [1.807, 2.05) is 6.92 Å². The van der Waals surface area contributed by atoms with Crippen LogP contribution in [0.1, 0.15) is 23.3 Å². The minimum Gasteiger partial charge on any atom is -0.368 e. The van der Waals surface area contributed by atoms with Gasteiger partial charge in [0.1, 0.15) is 6.10 Å². The highest BCUT2D eigenvalue weighted by Crippen LogP contribution is 2.25. The summed E-state index contributed by atoms with van der Waals surface area (Å²) in [6.07, 6.45) is -0.272. The minimum atomic E-state index is -0.272. The zero-order chi connectivity index (χ0) is 11.5. The molecule has 0 spiro atoms. The van der Waals surface area contributed by atoms with Crippen LogP contribution >= 0.6 is 11.3 Å². The van der Waals surface area contributed by atoms with Gasteiger partial charge in [-0.2, -0.15) is 0 Å². The van der Waals surface area contributed by atoms with Crippen LogP contribution in [0.2, 0.25) is 0 Å². The van der Waals surface area contributed by atoms with Crippen LogP contribution in [0.25, 0.3) is 0 Å². The molecule has 1 aromatic rings. The maximum Gasteiger partial charge on any atom is 0.170 e. The molecule has 1 N–H and O–H groups in total. The molecule has 0 aliphatic carbocycles. The number of carbonyl (C=O) groups is 1. The number of hydrogen-bond donors (Lipinski definition) is 1. The normalized spacial score (nSPS) is 23.0. The maximum absolute atomic E-state index is 12.1. The molecular formula is C12H17NO2S. The van der Waals surface area contributed by atoms with Crippen molar-refractivity contribution in [2.24, 2.45) is 0 Å². The number of ether oxygens (including phenoxy) is 1. The molecular weight excluding hydrogens is 222 g/mol. The van der Waals surface area contributed by atoms with Crippen LogP contribution in [0.15, 0.2) is 11.4 Å². The fraction of sp³-hybridized carbons (Fsp3) is 0.583. The zero-order valence-electron chi connectivity index (χ0n) is 9.66. The van der Waals surface area contributed by atoms with E-state index < -0.39 is 0 Å². The summed E-state index contributed by atoms with van der Waals surface area (Å²) in [5.41, 5.74) is 1.22. The first-order chi connectivity index (χ1) is 7.68. The Morgan fingerprint density at radius 3 is 3.06 bits per heavy atom. The van der Waals surface area contributed by atoms with Crippen LogP contribution in [0.5, 0.6) is 0 Å². The second-order valence-electron chi connectivity index (χ2n) is 4.21. The number of nitrogens with one attached hydrogen (secondary N) is 1. The maximum atomic E-state index is 12.1. The quantitative estimate of drug-likeness (QED) is 0.873. The average molecular weight is 239 g/mol. The Morgan fingerprint density at radius 1 is 1.69 bits per heavy atom. The van der Waals surface area contributed by atoms with Crippen molar-refractivity contribution in [3.63, 3.8) is 0 Å². The van der Waals surface area contributed by atoms with Gasteiger partial charge in [-0.25, -0.2) is 0 Å². The van der Waals surface area contributed by atoms with E-state index in [0.717, 1.165) is 11.4 Å². The van der Waals surface area contributed by atoms with E-state index in [-0.39, 0.29) is 17.8 Å². The molecule has 2 heterocycles. The largest absolute Gasteiger partial charge is 0.368 e. The molecule has 0 radical (unpaired) electrons. The van der Waals surface area contributed by atoms with Gasteiger partial charge in [-0.15, -0.1) is 11.3 Å². The molecule has 0 amide bonds. The summed E-state index contributed by atoms with van der Waals surface area (Å²) in [7, 11) is 0. The van der Waals surface area contributed by atoms with E-state index in [1.54, 1.807) is 11.3 Å². The van der Waals surface area contributed by atoms with Gasteiger partial charge in [-0.3, -0.25) is 4.79 Å². The summed E-state index contributed by atoms with van der Waals surface area (Å²) >= 11 is 1.65. The summed E-state index contributed by atoms with van der Waals surface area (Å²) in [6, 6.07) is 2.09. The monoisotopic (exact) mass is 239 g/mol. The van der Waals surface area contributed by atoms with Gasteiger partial charge in [0.05, 0.1) is 12.5 Å². The lowest BCUT2D eigenvalue weighted by Gasteiger charge is -2.24. The molecule has 2 atom stereocenters. The highest BCUT2D eigenvalue weighted by molar-refractivity contribution is 7.10. The number of thiophene rings is 1.